The standard InChI is InChI=1S/C9H11N3O2/c1-14-6-11-4-3-8-7(10)2-5-12(8)9(11)13/h2-5H,6,10H2,1H3. The van der Waals surface area contributed by atoms with Crippen molar-refractivity contribution in [2.75, 3.05) is 12.8 Å². The van der Waals surface area contributed by atoms with Gasteiger partial charge >= 0.3 is 5.69 Å². The number of methoxy groups -OCH3 is 1. The van der Waals surface area contributed by atoms with Crippen molar-refractivity contribution in [3.63, 3.8) is 0 Å². The van der Waals surface area contributed by atoms with E-state index in [4.69, 9.17) is 10.5 Å². The molecule has 2 aromatic heterocycles. The van der Waals surface area contributed by atoms with Gasteiger partial charge < -0.3 is 10.5 Å². The van der Waals surface area contributed by atoms with E-state index in [2.05, 4.69) is 0 Å². The molecule has 5 nitrogen and oxygen atoms in total. The summed E-state index contributed by atoms with van der Waals surface area (Å²) in [5, 5.41) is 0. The maximum Gasteiger partial charge on any atom is 0.334 e. The molecule has 0 atom stereocenters. The molecule has 2 N–H and O–H groups in total. The second-order valence-electron chi connectivity index (χ2n) is 3.01. The monoisotopic (exact) mass is 193 g/mol. The highest BCUT2D eigenvalue weighted by atomic mass is 16.5. The molecular weight excluding hydrogens is 182 g/mol. The van der Waals surface area contributed by atoms with Gasteiger partial charge in [0.1, 0.15) is 6.73 Å². The first kappa shape index (κ1) is 8.83. The van der Waals surface area contributed by atoms with E-state index in [0.717, 1.165) is 5.52 Å². The van der Waals surface area contributed by atoms with Crippen molar-refractivity contribution >= 4 is 11.2 Å². The fourth-order valence-electron chi connectivity index (χ4n) is 1.40. The fraction of sp³-hybridized carbons (Fsp3) is 0.222. The predicted molar refractivity (Wildman–Crippen MR) is 53.1 cm³/mol. The maximum absolute atomic E-state index is 11.7. The van der Waals surface area contributed by atoms with Crippen LogP contribution in [0.2, 0.25) is 0 Å². The molecule has 0 unspecified atom stereocenters. The second kappa shape index (κ2) is 3.19. The third-order valence-electron chi connectivity index (χ3n) is 2.09. The first-order valence-corrected chi connectivity index (χ1v) is 4.19. The molecule has 74 valence electrons. The van der Waals surface area contributed by atoms with Gasteiger partial charge in [0.15, 0.2) is 0 Å². The van der Waals surface area contributed by atoms with Gasteiger partial charge in [-0.25, -0.2) is 4.79 Å². The largest absolute Gasteiger partial charge is 0.397 e. The normalized spacial score (nSPS) is 10.9. The van der Waals surface area contributed by atoms with E-state index in [1.165, 1.54) is 8.97 Å². The van der Waals surface area contributed by atoms with Crippen LogP contribution in [0.1, 0.15) is 0 Å². The number of hydrogen-bond donors (Lipinski definition) is 1. The number of anilines is 1. The third kappa shape index (κ3) is 1.18. The predicted octanol–water partition coefficient (Wildman–Crippen LogP) is 0.287. The zero-order valence-corrected chi connectivity index (χ0v) is 7.80. The van der Waals surface area contributed by atoms with Gasteiger partial charge in [-0.2, -0.15) is 0 Å². The molecule has 2 heterocycles. The van der Waals surface area contributed by atoms with Crippen LogP contribution in [0.3, 0.4) is 0 Å². The molecule has 2 aromatic rings. The van der Waals surface area contributed by atoms with E-state index < -0.39 is 0 Å². The van der Waals surface area contributed by atoms with Gasteiger partial charge in [-0.1, -0.05) is 0 Å². The van der Waals surface area contributed by atoms with Crippen LogP contribution >= 0.6 is 0 Å². The summed E-state index contributed by atoms with van der Waals surface area (Å²) in [6.45, 7) is 0.243. The first-order chi connectivity index (χ1) is 6.74. The number of fused-ring (bicyclic) bond motifs is 1. The highest BCUT2D eigenvalue weighted by Crippen LogP contribution is 2.11. The molecule has 0 bridgehead atoms. The molecule has 0 saturated heterocycles. The summed E-state index contributed by atoms with van der Waals surface area (Å²) < 4.78 is 7.84. The van der Waals surface area contributed by atoms with E-state index in [0.29, 0.717) is 5.69 Å². The molecule has 2 rings (SSSR count). The van der Waals surface area contributed by atoms with Gasteiger partial charge in [-0.15, -0.1) is 0 Å². The molecule has 0 spiro atoms. The van der Waals surface area contributed by atoms with Crippen LogP contribution < -0.4 is 11.4 Å². The van der Waals surface area contributed by atoms with Crippen molar-refractivity contribution in [1.29, 1.82) is 0 Å². The summed E-state index contributed by atoms with van der Waals surface area (Å²) in [6.07, 6.45) is 3.32. The van der Waals surface area contributed by atoms with Crippen LogP contribution in [-0.4, -0.2) is 16.1 Å². The van der Waals surface area contributed by atoms with Gasteiger partial charge in [0.25, 0.3) is 0 Å². The van der Waals surface area contributed by atoms with Crippen molar-refractivity contribution in [2.45, 2.75) is 6.73 Å². The summed E-state index contributed by atoms with van der Waals surface area (Å²) in [4.78, 5) is 11.7. The highest BCUT2D eigenvalue weighted by molar-refractivity contribution is 5.69. The molecule has 0 saturated carbocycles. The van der Waals surface area contributed by atoms with Gasteiger partial charge in [-0.3, -0.25) is 8.97 Å². The smallest absolute Gasteiger partial charge is 0.334 e. The number of rotatable bonds is 2. The quantitative estimate of drug-likeness (QED) is 0.745. The molecular formula is C9H11N3O2. The lowest BCUT2D eigenvalue weighted by Gasteiger charge is -2.04. The van der Waals surface area contributed by atoms with Crippen LogP contribution in [-0.2, 0) is 11.5 Å². The lowest BCUT2D eigenvalue weighted by atomic mass is 10.4. The van der Waals surface area contributed by atoms with E-state index >= 15 is 0 Å². The fourth-order valence-corrected chi connectivity index (χ4v) is 1.40. The van der Waals surface area contributed by atoms with Crippen LogP contribution in [0.4, 0.5) is 5.69 Å². The summed E-state index contributed by atoms with van der Waals surface area (Å²) >= 11 is 0. The van der Waals surface area contributed by atoms with Crippen molar-refractivity contribution in [1.82, 2.24) is 8.97 Å². The van der Waals surface area contributed by atoms with E-state index in [9.17, 15) is 4.79 Å². The number of nitrogens with zero attached hydrogens (tertiary/aromatic N) is 2. The molecule has 0 aliphatic carbocycles. The van der Waals surface area contributed by atoms with Gasteiger partial charge in [-0.05, 0) is 12.1 Å². The van der Waals surface area contributed by atoms with Crippen LogP contribution in [0.5, 0.6) is 0 Å². The Morgan fingerprint density at radius 3 is 2.93 bits per heavy atom. The number of hydrogen-bond acceptors (Lipinski definition) is 3. The van der Waals surface area contributed by atoms with Crippen molar-refractivity contribution < 1.29 is 4.74 Å². The number of nitrogen functional groups attached to an aromatic ring is 1. The molecule has 0 fully saturated rings. The minimum atomic E-state index is -0.152. The van der Waals surface area contributed by atoms with Crippen LogP contribution in [0.25, 0.3) is 5.52 Å². The average Bonchev–Trinajstić information content (AvgIpc) is 2.54. The van der Waals surface area contributed by atoms with E-state index in [1.807, 2.05) is 0 Å². The lowest BCUT2D eigenvalue weighted by molar-refractivity contribution is 0.126. The van der Waals surface area contributed by atoms with Crippen molar-refractivity contribution in [2.24, 2.45) is 0 Å². The Morgan fingerprint density at radius 1 is 1.43 bits per heavy atom. The summed E-state index contributed by atoms with van der Waals surface area (Å²) in [6, 6.07) is 3.49. The topological polar surface area (TPSA) is 61.7 Å². The molecule has 0 aromatic carbocycles. The molecule has 0 radical (unpaired) electrons. The minimum absolute atomic E-state index is 0.152. The third-order valence-corrected chi connectivity index (χ3v) is 2.09. The molecule has 5 heteroatoms. The number of ether oxygens (including phenoxy) is 1. The van der Waals surface area contributed by atoms with Crippen molar-refractivity contribution in [3.8, 4) is 0 Å². The maximum atomic E-state index is 11.7. The molecule has 0 aliphatic heterocycles. The zero-order chi connectivity index (χ0) is 10.1. The first-order valence-electron chi connectivity index (χ1n) is 4.19. The summed E-state index contributed by atoms with van der Waals surface area (Å²) in [5.41, 5.74) is 6.84. The Bertz CT molecular complexity index is 512. The molecule has 14 heavy (non-hydrogen) atoms. The zero-order valence-electron chi connectivity index (χ0n) is 7.80. The second-order valence-corrected chi connectivity index (χ2v) is 3.01. The summed E-state index contributed by atoms with van der Waals surface area (Å²) in [7, 11) is 1.54. The lowest BCUT2D eigenvalue weighted by Crippen LogP contribution is -2.25. The van der Waals surface area contributed by atoms with E-state index in [1.54, 1.807) is 31.6 Å². The Morgan fingerprint density at radius 2 is 2.21 bits per heavy atom. The van der Waals surface area contributed by atoms with Crippen LogP contribution in [0.15, 0.2) is 29.3 Å². The van der Waals surface area contributed by atoms with Crippen molar-refractivity contribution in [3.05, 3.63) is 35.0 Å². The minimum Gasteiger partial charge on any atom is -0.397 e. The Balaban J connectivity index is 2.70. The van der Waals surface area contributed by atoms with Gasteiger partial charge in [0, 0.05) is 19.5 Å². The number of aromatic nitrogens is 2. The van der Waals surface area contributed by atoms with Gasteiger partial charge in [0.05, 0.1) is 11.2 Å². The average molecular weight is 193 g/mol. The van der Waals surface area contributed by atoms with Gasteiger partial charge in [0.2, 0.25) is 0 Å². The van der Waals surface area contributed by atoms with Crippen LogP contribution in [0, 0.1) is 0 Å². The van der Waals surface area contributed by atoms with E-state index in [-0.39, 0.29) is 12.4 Å². The Hall–Kier alpha value is -1.75. The summed E-state index contributed by atoms with van der Waals surface area (Å²) in [5.74, 6) is 0. The molecule has 0 amide bonds. The Labute approximate surface area is 80.3 Å². The number of nitrogens with two attached hydrogens (primary N) is 1. The highest BCUT2D eigenvalue weighted by Gasteiger charge is 2.03. The SMILES string of the molecule is COCn1ccc2c(N)ccn2c1=O. The molecule has 0 aliphatic rings. The Kier molecular flexibility index (Phi) is 2.01.